The number of fused-ring (bicyclic) bond motifs is 1. The lowest BCUT2D eigenvalue weighted by atomic mass is 9.88. The molecule has 3 heterocycles. The van der Waals surface area contributed by atoms with Crippen LogP contribution in [0.15, 0.2) is 24.3 Å². The van der Waals surface area contributed by atoms with Gasteiger partial charge >= 0.3 is 0 Å². The van der Waals surface area contributed by atoms with Crippen molar-refractivity contribution >= 4 is 5.95 Å². The van der Waals surface area contributed by atoms with Crippen molar-refractivity contribution in [3.63, 3.8) is 0 Å². The summed E-state index contributed by atoms with van der Waals surface area (Å²) in [6, 6.07) is 7.73. The normalized spacial score (nSPS) is 22.5. The zero-order valence-electron chi connectivity index (χ0n) is 14.3. The summed E-state index contributed by atoms with van der Waals surface area (Å²) in [4.78, 5) is 10.8. The first kappa shape index (κ1) is 16.1. The zero-order valence-corrected chi connectivity index (χ0v) is 14.3. The van der Waals surface area contributed by atoms with Crippen LogP contribution < -0.4 is 10.6 Å². The Labute approximate surface area is 150 Å². The van der Waals surface area contributed by atoms with Gasteiger partial charge < -0.3 is 15.4 Å². The minimum absolute atomic E-state index is 0.101. The Morgan fingerprint density at radius 3 is 2.38 bits per heavy atom. The molecular weight excluding hydrogens is 338 g/mol. The van der Waals surface area contributed by atoms with Gasteiger partial charge in [0.1, 0.15) is 5.69 Å². The van der Waals surface area contributed by atoms with E-state index in [-0.39, 0.29) is 12.1 Å². The predicted octanol–water partition coefficient (Wildman–Crippen LogP) is 2.58. The minimum atomic E-state index is -2.88. The summed E-state index contributed by atoms with van der Waals surface area (Å²) in [7, 11) is 0. The monoisotopic (exact) mass is 358 g/mol. The second-order valence-corrected chi connectivity index (χ2v) is 7.47. The molecule has 3 aliphatic rings. The van der Waals surface area contributed by atoms with E-state index in [9.17, 15) is 8.78 Å². The number of rotatable bonds is 3. The van der Waals surface area contributed by atoms with Crippen LogP contribution in [0.1, 0.15) is 29.7 Å². The number of hydrogen-bond acceptors (Lipinski definition) is 5. The second-order valence-electron chi connectivity index (χ2n) is 7.47. The summed E-state index contributed by atoms with van der Waals surface area (Å²) in [5.41, 5.74) is 8.74. The third kappa shape index (κ3) is 2.34. The molecule has 7 heteroatoms. The number of nitrogens with two attached hydrogens (primary N) is 1. The maximum atomic E-state index is 14.3. The van der Waals surface area contributed by atoms with Crippen molar-refractivity contribution in [3.8, 4) is 11.3 Å². The van der Waals surface area contributed by atoms with Crippen LogP contribution in [0.25, 0.3) is 11.3 Å². The molecule has 2 N–H and O–H groups in total. The van der Waals surface area contributed by atoms with Crippen LogP contribution in [0.2, 0.25) is 0 Å². The molecule has 0 radical (unpaired) electrons. The van der Waals surface area contributed by atoms with Crippen LogP contribution in [0.4, 0.5) is 14.7 Å². The van der Waals surface area contributed by atoms with Gasteiger partial charge in [0.2, 0.25) is 5.95 Å². The molecule has 0 saturated carbocycles. The maximum absolute atomic E-state index is 14.3. The van der Waals surface area contributed by atoms with Crippen LogP contribution in [-0.4, -0.2) is 36.3 Å². The topological polar surface area (TPSA) is 64.3 Å². The third-order valence-electron chi connectivity index (χ3n) is 5.62. The average molecular weight is 358 g/mol. The number of nitrogens with zero attached hydrogens (tertiary/aromatic N) is 3. The van der Waals surface area contributed by atoms with E-state index in [0.29, 0.717) is 36.8 Å². The van der Waals surface area contributed by atoms with Gasteiger partial charge in [-0.05, 0) is 18.4 Å². The quantitative estimate of drug-likeness (QED) is 0.914. The largest absolute Gasteiger partial charge is 0.377 e. The summed E-state index contributed by atoms with van der Waals surface area (Å²) < 4.78 is 33.9. The highest BCUT2D eigenvalue weighted by molar-refractivity contribution is 5.67. The molecule has 5 rings (SSSR count). The molecule has 1 aliphatic carbocycles. The van der Waals surface area contributed by atoms with Gasteiger partial charge in [0, 0.05) is 30.6 Å². The van der Waals surface area contributed by atoms with Gasteiger partial charge in [0.25, 0.3) is 5.92 Å². The van der Waals surface area contributed by atoms with Crippen molar-refractivity contribution in [2.45, 2.75) is 30.7 Å². The van der Waals surface area contributed by atoms with Gasteiger partial charge in [-0.15, -0.1) is 0 Å². The number of aromatic nitrogens is 2. The highest BCUT2D eigenvalue weighted by Gasteiger charge is 2.43. The molecule has 0 bridgehead atoms. The van der Waals surface area contributed by atoms with Crippen molar-refractivity contribution in [1.29, 1.82) is 0 Å². The highest BCUT2D eigenvalue weighted by Crippen LogP contribution is 2.44. The van der Waals surface area contributed by atoms with E-state index in [1.807, 2.05) is 29.2 Å². The molecule has 1 aromatic carbocycles. The maximum Gasteiger partial charge on any atom is 0.290 e. The summed E-state index contributed by atoms with van der Waals surface area (Å²) >= 11 is 0. The van der Waals surface area contributed by atoms with Crippen LogP contribution in [0.3, 0.4) is 0 Å². The Kier molecular flexibility index (Phi) is 3.36. The van der Waals surface area contributed by atoms with Crippen LogP contribution >= 0.6 is 0 Å². The molecule has 1 aromatic heterocycles. The number of benzene rings is 1. The Bertz CT molecular complexity index is 861. The van der Waals surface area contributed by atoms with E-state index in [2.05, 4.69) is 9.97 Å². The van der Waals surface area contributed by atoms with Crippen molar-refractivity contribution in [1.82, 2.24) is 9.97 Å². The lowest BCUT2D eigenvalue weighted by molar-refractivity contribution is -0.0569. The molecule has 26 heavy (non-hydrogen) atoms. The molecule has 2 saturated heterocycles. The van der Waals surface area contributed by atoms with Crippen LogP contribution in [-0.2, 0) is 22.6 Å². The lowest BCUT2D eigenvalue weighted by Gasteiger charge is -2.38. The Morgan fingerprint density at radius 1 is 1.08 bits per heavy atom. The first-order valence-electron chi connectivity index (χ1n) is 8.98. The number of hydrogen-bond donors (Lipinski definition) is 1. The van der Waals surface area contributed by atoms with E-state index >= 15 is 0 Å². The Morgan fingerprint density at radius 2 is 1.81 bits per heavy atom. The van der Waals surface area contributed by atoms with Crippen LogP contribution in [0, 0.1) is 0 Å². The fraction of sp³-hybridized carbons (Fsp3) is 0.474. The standard InChI is InChI=1S/C19H20F2N4O/c20-19(21)7-6-14-15(23-17(24-16(14)19)25-8-1-9-25)12-2-4-13(5-3-12)18(22)10-26-11-18/h2-5H,1,6-11,22H2. The molecule has 0 unspecified atom stereocenters. The SMILES string of the molecule is NC1(c2ccc(-c3nc(N4CCC4)nc4c3CCC4(F)F)cc2)COC1. The predicted molar refractivity (Wildman–Crippen MR) is 93.2 cm³/mol. The first-order valence-corrected chi connectivity index (χ1v) is 8.98. The number of halogens is 2. The summed E-state index contributed by atoms with van der Waals surface area (Å²) in [6.45, 7) is 2.64. The zero-order chi connectivity index (χ0) is 17.9. The van der Waals surface area contributed by atoms with Gasteiger partial charge in [-0.1, -0.05) is 24.3 Å². The average Bonchev–Trinajstić information content (AvgIpc) is 2.86. The lowest BCUT2D eigenvalue weighted by Crippen LogP contribution is -2.54. The van der Waals surface area contributed by atoms with Crippen LogP contribution in [0.5, 0.6) is 0 Å². The molecule has 2 aliphatic heterocycles. The number of anilines is 1. The molecule has 5 nitrogen and oxygen atoms in total. The van der Waals surface area contributed by atoms with Crippen molar-refractivity contribution in [3.05, 3.63) is 41.1 Å². The van der Waals surface area contributed by atoms with Gasteiger partial charge in [0.15, 0.2) is 0 Å². The molecule has 0 spiro atoms. The van der Waals surface area contributed by atoms with E-state index < -0.39 is 11.5 Å². The second kappa shape index (κ2) is 5.44. The van der Waals surface area contributed by atoms with Gasteiger partial charge in [-0.25, -0.2) is 9.97 Å². The van der Waals surface area contributed by atoms with Gasteiger partial charge in [0.05, 0.1) is 24.4 Å². The summed E-state index contributed by atoms with van der Waals surface area (Å²) in [6.07, 6.45) is 1.14. The summed E-state index contributed by atoms with van der Waals surface area (Å²) in [5, 5.41) is 0. The van der Waals surface area contributed by atoms with Gasteiger partial charge in [-0.3, -0.25) is 0 Å². The Balaban J connectivity index is 1.59. The van der Waals surface area contributed by atoms with Crippen molar-refractivity contribution in [2.75, 3.05) is 31.2 Å². The van der Waals surface area contributed by atoms with E-state index in [4.69, 9.17) is 10.5 Å². The molecular formula is C19H20F2N4O. The fourth-order valence-electron chi connectivity index (χ4n) is 3.76. The molecule has 2 fully saturated rings. The first-order chi connectivity index (χ1) is 12.5. The highest BCUT2D eigenvalue weighted by atomic mass is 19.3. The fourth-order valence-corrected chi connectivity index (χ4v) is 3.76. The molecule has 136 valence electrons. The third-order valence-corrected chi connectivity index (χ3v) is 5.62. The van der Waals surface area contributed by atoms with Gasteiger partial charge in [-0.2, -0.15) is 8.78 Å². The number of ether oxygens (including phenoxy) is 1. The Hall–Kier alpha value is -2.12. The van der Waals surface area contributed by atoms with Crippen molar-refractivity contribution in [2.24, 2.45) is 5.73 Å². The van der Waals surface area contributed by atoms with E-state index in [1.54, 1.807) is 0 Å². The van der Waals surface area contributed by atoms with E-state index in [1.165, 1.54) is 0 Å². The number of alkyl halides is 2. The molecule has 2 aromatic rings. The van der Waals surface area contributed by atoms with Crippen molar-refractivity contribution < 1.29 is 13.5 Å². The minimum Gasteiger partial charge on any atom is -0.377 e. The smallest absolute Gasteiger partial charge is 0.290 e. The molecule has 0 atom stereocenters. The van der Waals surface area contributed by atoms with E-state index in [0.717, 1.165) is 30.6 Å². The summed E-state index contributed by atoms with van der Waals surface area (Å²) in [5.74, 6) is -2.46. The molecule has 0 amide bonds.